The molecule has 1 atom stereocenters. The fourth-order valence-electron chi connectivity index (χ4n) is 3.05. The molecule has 0 unspecified atom stereocenters. The number of rotatable bonds is 4. The fourth-order valence-corrected chi connectivity index (χ4v) is 3.05. The van der Waals surface area contributed by atoms with Crippen molar-refractivity contribution in [3.05, 3.63) is 33.6 Å². The molecule has 0 bridgehead atoms. The van der Waals surface area contributed by atoms with Crippen molar-refractivity contribution in [1.29, 1.82) is 0 Å². The molecule has 3 rings (SSSR count). The Kier molecular flexibility index (Phi) is 4.22. The van der Waals surface area contributed by atoms with Gasteiger partial charge in [0.25, 0.3) is 5.56 Å². The van der Waals surface area contributed by atoms with Crippen LogP contribution in [0.25, 0.3) is 0 Å². The number of hydrogen-bond acceptors (Lipinski definition) is 7. The van der Waals surface area contributed by atoms with Crippen LogP contribution >= 0.6 is 0 Å². The predicted octanol–water partition coefficient (Wildman–Crippen LogP) is 0.852. The Labute approximate surface area is 143 Å². The Morgan fingerprint density at radius 2 is 1.84 bits per heavy atom. The second-order valence-corrected chi connectivity index (χ2v) is 5.44. The van der Waals surface area contributed by atoms with E-state index in [1.54, 1.807) is 12.1 Å². The number of anilines is 2. The van der Waals surface area contributed by atoms with Crippen molar-refractivity contribution in [3.63, 3.8) is 0 Å². The van der Waals surface area contributed by atoms with Gasteiger partial charge in [0.2, 0.25) is 17.6 Å². The van der Waals surface area contributed by atoms with Gasteiger partial charge in [-0.05, 0) is 6.07 Å². The molecule has 0 aliphatic carbocycles. The Bertz CT molecular complexity index is 893. The van der Waals surface area contributed by atoms with E-state index in [0.717, 1.165) is 0 Å². The lowest BCUT2D eigenvalue weighted by molar-refractivity contribution is -0.116. The van der Waals surface area contributed by atoms with Crippen LogP contribution in [-0.4, -0.2) is 37.2 Å². The van der Waals surface area contributed by atoms with Gasteiger partial charge < -0.3 is 25.3 Å². The Morgan fingerprint density at radius 3 is 2.48 bits per heavy atom. The van der Waals surface area contributed by atoms with Crippen molar-refractivity contribution in [1.82, 2.24) is 9.97 Å². The molecule has 0 saturated heterocycles. The van der Waals surface area contributed by atoms with Crippen LogP contribution in [-0.2, 0) is 4.79 Å². The summed E-state index contributed by atoms with van der Waals surface area (Å²) in [6.07, 6.45) is 0.0630. The number of hydrogen-bond donors (Lipinski definition) is 3. The zero-order valence-electron chi connectivity index (χ0n) is 14.0. The Hall–Kier alpha value is -3.23. The average molecular weight is 346 g/mol. The van der Waals surface area contributed by atoms with Crippen molar-refractivity contribution in [2.45, 2.75) is 12.3 Å². The molecular weight excluding hydrogens is 328 g/mol. The molecule has 9 nitrogen and oxygen atoms in total. The normalized spacial score (nSPS) is 16.0. The predicted molar refractivity (Wildman–Crippen MR) is 90.5 cm³/mol. The van der Waals surface area contributed by atoms with Crippen molar-refractivity contribution in [2.24, 2.45) is 0 Å². The van der Waals surface area contributed by atoms with E-state index in [9.17, 15) is 9.59 Å². The third-order valence-corrected chi connectivity index (χ3v) is 4.08. The Morgan fingerprint density at radius 1 is 1.12 bits per heavy atom. The first-order chi connectivity index (χ1) is 12.0. The van der Waals surface area contributed by atoms with Crippen LogP contribution in [0, 0.1) is 0 Å². The fraction of sp³-hybridized carbons (Fsp3) is 0.312. The molecule has 0 saturated carbocycles. The summed E-state index contributed by atoms with van der Waals surface area (Å²) in [5.41, 5.74) is 6.10. The van der Waals surface area contributed by atoms with E-state index < -0.39 is 11.5 Å². The minimum Gasteiger partial charge on any atom is -0.493 e. The molecule has 0 spiro atoms. The van der Waals surface area contributed by atoms with E-state index in [4.69, 9.17) is 19.9 Å². The SMILES string of the molecule is COc1ccc([C@H]2CC(=O)Nc3nc(N)[nH]c(=O)c32)c(OC)c1OC. The standard InChI is InChI=1S/C16H18N4O5/c1-23-9-5-4-7(12(24-2)13(9)25-3)8-6-10(21)18-14-11(8)15(22)20-16(17)19-14/h4-5,8H,6H2,1-3H3,(H4,17,18,19,20,21,22)/t8-/m1/s1. The van der Waals surface area contributed by atoms with E-state index in [1.807, 2.05) is 0 Å². The number of amides is 1. The van der Waals surface area contributed by atoms with Crippen LogP contribution in [0.15, 0.2) is 16.9 Å². The summed E-state index contributed by atoms with van der Waals surface area (Å²) in [4.78, 5) is 31.0. The molecule has 1 aromatic carbocycles. The Balaban J connectivity index is 2.25. The van der Waals surface area contributed by atoms with Gasteiger partial charge in [-0.1, -0.05) is 6.07 Å². The number of nitrogens with two attached hydrogens (primary N) is 1. The lowest BCUT2D eigenvalue weighted by Gasteiger charge is -2.26. The van der Waals surface area contributed by atoms with E-state index in [2.05, 4.69) is 15.3 Å². The van der Waals surface area contributed by atoms with Gasteiger partial charge in [-0.15, -0.1) is 0 Å². The molecule has 9 heteroatoms. The van der Waals surface area contributed by atoms with Crippen LogP contribution < -0.4 is 30.8 Å². The molecule has 1 aliphatic heterocycles. The van der Waals surface area contributed by atoms with Crippen molar-refractivity contribution >= 4 is 17.7 Å². The van der Waals surface area contributed by atoms with E-state index in [1.165, 1.54) is 21.3 Å². The highest BCUT2D eigenvalue weighted by atomic mass is 16.5. The second-order valence-electron chi connectivity index (χ2n) is 5.44. The van der Waals surface area contributed by atoms with Gasteiger partial charge in [-0.25, -0.2) is 0 Å². The number of fused-ring (bicyclic) bond motifs is 1. The molecule has 2 aromatic rings. The second kappa shape index (κ2) is 6.34. The number of carbonyl (C=O) groups is 1. The zero-order valence-corrected chi connectivity index (χ0v) is 14.0. The largest absolute Gasteiger partial charge is 0.493 e. The maximum absolute atomic E-state index is 12.4. The lowest BCUT2D eigenvalue weighted by Crippen LogP contribution is -2.31. The number of benzene rings is 1. The lowest BCUT2D eigenvalue weighted by atomic mass is 9.86. The van der Waals surface area contributed by atoms with Crippen LogP contribution in [0.2, 0.25) is 0 Å². The topological polar surface area (TPSA) is 129 Å². The molecule has 25 heavy (non-hydrogen) atoms. The quantitative estimate of drug-likeness (QED) is 0.748. The highest BCUT2D eigenvalue weighted by molar-refractivity contribution is 5.94. The summed E-state index contributed by atoms with van der Waals surface area (Å²) in [7, 11) is 4.48. The summed E-state index contributed by atoms with van der Waals surface area (Å²) in [5.74, 6) is 0.511. The number of nitrogen functional groups attached to an aromatic ring is 1. The molecular formula is C16H18N4O5. The third kappa shape index (κ3) is 2.73. The van der Waals surface area contributed by atoms with Crippen molar-refractivity contribution < 1.29 is 19.0 Å². The van der Waals surface area contributed by atoms with Gasteiger partial charge >= 0.3 is 0 Å². The molecule has 2 heterocycles. The molecule has 1 aromatic heterocycles. The molecule has 1 aliphatic rings. The summed E-state index contributed by atoms with van der Waals surface area (Å²) < 4.78 is 16.1. The number of aromatic nitrogens is 2. The summed E-state index contributed by atoms with van der Waals surface area (Å²) in [6, 6.07) is 3.44. The van der Waals surface area contributed by atoms with Crippen LogP contribution in [0.4, 0.5) is 11.8 Å². The highest BCUT2D eigenvalue weighted by Gasteiger charge is 2.34. The minimum atomic E-state index is -0.560. The summed E-state index contributed by atoms with van der Waals surface area (Å²) in [5, 5.41) is 2.58. The number of methoxy groups -OCH3 is 3. The molecule has 4 N–H and O–H groups in total. The number of ether oxygens (including phenoxy) is 3. The van der Waals surface area contributed by atoms with Crippen LogP contribution in [0.3, 0.4) is 0 Å². The number of carbonyl (C=O) groups excluding carboxylic acids is 1. The summed E-state index contributed by atoms with van der Waals surface area (Å²) in [6.45, 7) is 0. The zero-order chi connectivity index (χ0) is 18.1. The van der Waals surface area contributed by atoms with Crippen LogP contribution in [0.5, 0.6) is 17.2 Å². The minimum absolute atomic E-state index is 0.0630. The van der Waals surface area contributed by atoms with Gasteiger partial charge in [0, 0.05) is 17.9 Å². The van der Waals surface area contributed by atoms with Gasteiger partial charge in [0.05, 0.1) is 26.9 Å². The monoisotopic (exact) mass is 346 g/mol. The van der Waals surface area contributed by atoms with Gasteiger partial charge in [-0.2, -0.15) is 4.98 Å². The van der Waals surface area contributed by atoms with Crippen molar-refractivity contribution in [3.8, 4) is 17.2 Å². The summed E-state index contributed by atoms with van der Waals surface area (Å²) >= 11 is 0. The first-order valence-corrected chi connectivity index (χ1v) is 7.48. The molecule has 132 valence electrons. The van der Waals surface area contributed by atoms with E-state index in [0.29, 0.717) is 28.4 Å². The van der Waals surface area contributed by atoms with Gasteiger partial charge in [0.15, 0.2) is 11.5 Å². The van der Waals surface area contributed by atoms with E-state index >= 15 is 0 Å². The number of H-pyrrole nitrogens is 1. The highest BCUT2D eigenvalue weighted by Crippen LogP contribution is 2.46. The number of nitrogens with one attached hydrogen (secondary N) is 2. The number of aromatic amines is 1. The smallest absolute Gasteiger partial charge is 0.258 e. The molecule has 1 amide bonds. The molecule has 0 radical (unpaired) electrons. The number of nitrogens with zero attached hydrogens (tertiary/aromatic N) is 1. The van der Waals surface area contributed by atoms with Gasteiger partial charge in [-0.3, -0.25) is 14.6 Å². The average Bonchev–Trinajstić information content (AvgIpc) is 2.58. The van der Waals surface area contributed by atoms with Gasteiger partial charge in [0.1, 0.15) is 5.82 Å². The maximum Gasteiger partial charge on any atom is 0.258 e. The maximum atomic E-state index is 12.4. The first-order valence-electron chi connectivity index (χ1n) is 7.48. The van der Waals surface area contributed by atoms with Crippen LogP contribution in [0.1, 0.15) is 23.5 Å². The first kappa shape index (κ1) is 16.6. The van der Waals surface area contributed by atoms with Crippen molar-refractivity contribution in [2.75, 3.05) is 32.4 Å². The van der Waals surface area contributed by atoms with E-state index in [-0.39, 0.29) is 24.1 Å². The third-order valence-electron chi connectivity index (χ3n) is 4.08. The molecule has 0 fully saturated rings.